The molecule has 1 aromatic carbocycles. The molecule has 5 nitrogen and oxygen atoms in total. The normalized spacial score (nSPS) is 13.4. The molecule has 0 saturated carbocycles. The molecule has 1 amide bonds. The summed E-state index contributed by atoms with van der Waals surface area (Å²) in [6.07, 6.45) is 0.964. The van der Waals surface area contributed by atoms with E-state index in [1.165, 1.54) is 14.0 Å². The number of thioether (sulfide) groups is 1. The Balaban J connectivity index is 2.33. The zero-order valence-corrected chi connectivity index (χ0v) is 15.0. The Kier molecular flexibility index (Phi) is 7.92. The molecule has 1 rings (SSSR count). The molecule has 0 aromatic heterocycles. The molecule has 1 aromatic rings. The number of aliphatic carboxylic acids is 1. The Morgan fingerprint density at radius 3 is 2.55 bits per heavy atom. The van der Waals surface area contributed by atoms with Crippen LogP contribution in [0.1, 0.15) is 19.8 Å². The van der Waals surface area contributed by atoms with Gasteiger partial charge in [0.15, 0.2) is 5.54 Å². The Morgan fingerprint density at radius 1 is 1.36 bits per heavy atom. The van der Waals surface area contributed by atoms with Crippen LogP contribution in [0.15, 0.2) is 33.6 Å². The third kappa shape index (κ3) is 6.37. The highest BCUT2D eigenvalue weighted by Gasteiger charge is 2.34. The first-order valence-corrected chi connectivity index (χ1v) is 8.57. The quantitative estimate of drug-likeness (QED) is 0.501. The van der Waals surface area contributed by atoms with Crippen LogP contribution in [0.25, 0.3) is 0 Å². The molecule has 0 spiro atoms. The van der Waals surface area contributed by atoms with Gasteiger partial charge in [-0.2, -0.15) is 0 Å². The topological polar surface area (TPSA) is 75.6 Å². The van der Waals surface area contributed by atoms with Gasteiger partial charge in [0.05, 0.1) is 6.61 Å². The SMILES string of the molecule is COCC(C)(NC(=O)CCCSc1ccc(Br)cc1)C(=O)O. The number of halogens is 1. The van der Waals surface area contributed by atoms with E-state index in [4.69, 9.17) is 9.84 Å². The average Bonchev–Trinajstić information content (AvgIpc) is 2.45. The molecule has 22 heavy (non-hydrogen) atoms. The van der Waals surface area contributed by atoms with Gasteiger partial charge in [0.1, 0.15) is 0 Å². The van der Waals surface area contributed by atoms with Crippen LogP contribution < -0.4 is 5.32 Å². The second-order valence-corrected chi connectivity index (χ2v) is 7.11. The van der Waals surface area contributed by atoms with Gasteiger partial charge in [-0.25, -0.2) is 4.79 Å². The van der Waals surface area contributed by atoms with Crippen LogP contribution in [0, 0.1) is 0 Å². The summed E-state index contributed by atoms with van der Waals surface area (Å²) < 4.78 is 5.89. The fourth-order valence-electron chi connectivity index (χ4n) is 1.76. The number of carbonyl (C=O) groups is 2. The number of carboxylic acid groups (broad SMARTS) is 1. The standard InChI is InChI=1S/C15H20BrNO4S/c1-15(10-21-2,14(19)20)17-13(18)4-3-9-22-12-7-5-11(16)6-8-12/h5-8H,3-4,9-10H2,1-2H3,(H,17,18)(H,19,20). The van der Waals surface area contributed by atoms with Crippen LogP contribution in [0.3, 0.4) is 0 Å². The van der Waals surface area contributed by atoms with E-state index >= 15 is 0 Å². The molecule has 0 heterocycles. The van der Waals surface area contributed by atoms with E-state index in [2.05, 4.69) is 21.2 Å². The van der Waals surface area contributed by atoms with E-state index in [0.29, 0.717) is 6.42 Å². The van der Waals surface area contributed by atoms with Crippen molar-refractivity contribution in [1.82, 2.24) is 5.32 Å². The van der Waals surface area contributed by atoms with E-state index in [1.54, 1.807) is 11.8 Å². The summed E-state index contributed by atoms with van der Waals surface area (Å²) in [6.45, 7) is 1.37. The van der Waals surface area contributed by atoms with Crippen molar-refractivity contribution in [3.8, 4) is 0 Å². The van der Waals surface area contributed by atoms with Crippen molar-refractivity contribution >= 4 is 39.6 Å². The molecule has 0 saturated heterocycles. The van der Waals surface area contributed by atoms with E-state index in [9.17, 15) is 9.59 Å². The van der Waals surface area contributed by atoms with Gasteiger partial charge in [0.2, 0.25) is 5.91 Å². The number of benzene rings is 1. The van der Waals surface area contributed by atoms with Gasteiger partial charge < -0.3 is 15.2 Å². The average molecular weight is 390 g/mol. The van der Waals surface area contributed by atoms with Crippen molar-refractivity contribution in [2.45, 2.75) is 30.2 Å². The zero-order valence-electron chi connectivity index (χ0n) is 12.6. The summed E-state index contributed by atoms with van der Waals surface area (Å²) in [5.74, 6) is -0.589. The minimum Gasteiger partial charge on any atom is -0.479 e. The first-order valence-electron chi connectivity index (χ1n) is 6.79. The Bertz CT molecular complexity index is 509. The number of hydrogen-bond donors (Lipinski definition) is 2. The van der Waals surface area contributed by atoms with E-state index in [1.807, 2.05) is 24.3 Å². The van der Waals surface area contributed by atoms with Crippen molar-refractivity contribution < 1.29 is 19.4 Å². The maximum Gasteiger partial charge on any atom is 0.331 e. The van der Waals surface area contributed by atoms with Crippen molar-refractivity contribution in [3.05, 3.63) is 28.7 Å². The van der Waals surface area contributed by atoms with Crippen LogP contribution in [0.4, 0.5) is 0 Å². The molecule has 0 aliphatic rings. The number of carbonyl (C=O) groups excluding carboxylic acids is 1. The summed E-state index contributed by atoms with van der Waals surface area (Å²) in [5.41, 5.74) is -1.38. The van der Waals surface area contributed by atoms with Gasteiger partial charge in [-0.15, -0.1) is 11.8 Å². The number of rotatable bonds is 9. The van der Waals surface area contributed by atoms with Gasteiger partial charge in [-0.3, -0.25) is 4.79 Å². The summed E-state index contributed by atoms with van der Waals surface area (Å²) in [6, 6.07) is 7.96. The van der Waals surface area contributed by atoms with Crippen molar-refractivity contribution in [3.63, 3.8) is 0 Å². The molecule has 2 N–H and O–H groups in total. The highest BCUT2D eigenvalue weighted by Crippen LogP contribution is 2.21. The number of amides is 1. The van der Waals surface area contributed by atoms with Crippen LogP contribution >= 0.6 is 27.7 Å². The minimum atomic E-state index is -1.38. The predicted molar refractivity (Wildman–Crippen MR) is 90.2 cm³/mol. The Hall–Kier alpha value is -1.05. The van der Waals surface area contributed by atoms with E-state index in [0.717, 1.165) is 15.1 Å². The number of nitrogens with one attached hydrogen (secondary N) is 1. The molecule has 0 bridgehead atoms. The van der Waals surface area contributed by atoms with Gasteiger partial charge in [-0.05, 0) is 43.4 Å². The molecule has 0 aliphatic carbocycles. The second kappa shape index (κ2) is 9.17. The maximum atomic E-state index is 11.8. The predicted octanol–water partition coefficient (Wildman–Crippen LogP) is 2.93. The summed E-state index contributed by atoms with van der Waals surface area (Å²) in [7, 11) is 1.40. The fourth-order valence-corrected chi connectivity index (χ4v) is 2.88. The molecule has 1 atom stereocenters. The molecule has 0 radical (unpaired) electrons. The summed E-state index contributed by atoms with van der Waals surface area (Å²) in [4.78, 5) is 24.2. The number of hydrogen-bond acceptors (Lipinski definition) is 4. The molecule has 122 valence electrons. The van der Waals surface area contributed by atoms with Gasteiger partial charge in [-0.1, -0.05) is 15.9 Å². The van der Waals surface area contributed by atoms with Crippen molar-refractivity contribution in [2.24, 2.45) is 0 Å². The highest BCUT2D eigenvalue weighted by molar-refractivity contribution is 9.10. The van der Waals surface area contributed by atoms with Crippen LogP contribution in [0.5, 0.6) is 0 Å². The third-order valence-corrected chi connectivity index (χ3v) is 4.58. The third-order valence-electron chi connectivity index (χ3n) is 2.95. The first-order chi connectivity index (χ1) is 10.4. The molecule has 0 aliphatic heterocycles. The molecular formula is C15H20BrNO4S. The smallest absolute Gasteiger partial charge is 0.331 e. The van der Waals surface area contributed by atoms with Crippen molar-refractivity contribution in [1.29, 1.82) is 0 Å². The van der Waals surface area contributed by atoms with E-state index < -0.39 is 11.5 Å². The number of methoxy groups -OCH3 is 1. The van der Waals surface area contributed by atoms with Crippen LogP contribution in [-0.2, 0) is 14.3 Å². The number of carboxylic acids is 1. The molecule has 1 unspecified atom stereocenters. The maximum absolute atomic E-state index is 11.8. The lowest BCUT2D eigenvalue weighted by Gasteiger charge is -2.25. The first kappa shape index (κ1) is 19.0. The lowest BCUT2D eigenvalue weighted by atomic mass is 10.0. The minimum absolute atomic E-state index is 0.0677. The zero-order chi connectivity index (χ0) is 16.6. The molecule has 7 heteroatoms. The van der Waals surface area contributed by atoms with Gasteiger partial charge >= 0.3 is 5.97 Å². The highest BCUT2D eigenvalue weighted by atomic mass is 79.9. The lowest BCUT2D eigenvalue weighted by Crippen LogP contribution is -2.55. The Morgan fingerprint density at radius 2 is 2.00 bits per heavy atom. The molecular weight excluding hydrogens is 370 g/mol. The summed E-state index contributed by atoms with van der Waals surface area (Å²) in [5, 5.41) is 11.7. The van der Waals surface area contributed by atoms with Crippen LogP contribution in [-0.4, -0.2) is 42.0 Å². The van der Waals surface area contributed by atoms with E-state index in [-0.39, 0.29) is 18.9 Å². The van der Waals surface area contributed by atoms with Gasteiger partial charge in [0.25, 0.3) is 0 Å². The second-order valence-electron chi connectivity index (χ2n) is 5.02. The monoisotopic (exact) mass is 389 g/mol. The molecule has 0 fully saturated rings. The largest absolute Gasteiger partial charge is 0.479 e. The number of ether oxygens (including phenoxy) is 1. The lowest BCUT2D eigenvalue weighted by molar-refractivity contribution is -0.149. The fraction of sp³-hybridized carbons (Fsp3) is 0.467. The summed E-state index contributed by atoms with van der Waals surface area (Å²) >= 11 is 5.04. The van der Waals surface area contributed by atoms with Gasteiger partial charge in [0, 0.05) is 22.9 Å². The van der Waals surface area contributed by atoms with Crippen LogP contribution in [0.2, 0.25) is 0 Å². The Labute approximate surface area is 142 Å². The van der Waals surface area contributed by atoms with Crippen molar-refractivity contribution in [2.75, 3.05) is 19.5 Å².